The van der Waals surface area contributed by atoms with E-state index in [0.29, 0.717) is 72.0 Å². The van der Waals surface area contributed by atoms with Crippen molar-refractivity contribution in [2.24, 2.45) is 0 Å². The summed E-state index contributed by atoms with van der Waals surface area (Å²) in [5.74, 6) is -0.681. The fourth-order valence-corrected chi connectivity index (χ4v) is 5.59. The number of alkyl carbamates (subject to hydrolysis) is 1. The number of hydrogen-bond donors (Lipinski definition) is 2. The molecule has 2 aromatic rings. The first kappa shape index (κ1) is 39.1. The minimum absolute atomic E-state index is 0.0144. The number of carbonyl (C=O) groups is 3. The molecule has 1 aliphatic carbocycles. The van der Waals surface area contributed by atoms with E-state index in [2.05, 4.69) is 39.4 Å². The molecule has 3 rings (SSSR count). The van der Waals surface area contributed by atoms with E-state index in [-0.39, 0.29) is 24.9 Å². The van der Waals surface area contributed by atoms with Crippen LogP contribution in [0.2, 0.25) is 0 Å². The number of carboxylic acid groups (broad SMARTS) is 1. The molecule has 12 nitrogen and oxygen atoms in total. The zero-order valence-corrected chi connectivity index (χ0v) is 29.2. The third kappa shape index (κ3) is 14.4. The molecule has 0 aliphatic heterocycles. The molecule has 2 aromatic carbocycles. The number of ketones is 1. The van der Waals surface area contributed by atoms with Crippen molar-refractivity contribution < 1.29 is 33.7 Å². The van der Waals surface area contributed by atoms with Gasteiger partial charge in [0, 0.05) is 64.8 Å². The van der Waals surface area contributed by atoms with E-state index in [1.807, 2.05) is 62.3 Å². The molecule has 0 spiro atoms. The van der Waals surface area contributed by atoms with Crippen molar-refractivity contribution in [2.75, 3.05) is 120 Å². The van der Waals surface area contributed by atoms with Gasteiger partial charge < -0.3 is 34.4 Å². The highest BCUT2D eigenvalue weighted by Gasteiger charge is 2.29. The van der Waals surface area contributed by atoms with E-state index in [1.165, 1.54) is 22.3 Å². The first-order valence-electron chi connectivity index (χ1n) is 16.9. The summed E-state index contributed by atoms with van der Waals surface area (Å²) < 4.78 is 16.7. The second-order valence-electron chi connectivity index (χ2n) is 12.7. The largest absolute Gasteiger partial charge is 0.480 e. The molecule has 1 aliphatic rings. The Kier molecular flexibility index (Phi) is 17.5. The van der Waals surface area contributed by atoms with Crippen molar-refractivity contribution in [3.63, 3.8) is 0 Å². The van der Waals surface area contributed by atoms with E-state index >= 15 is 0 Å². The van der Waals surface area contributed by atoms with E-state index < -0.39 is 12.1 Å². The number of amides is 1. The number of nitrogens with zero attached hydrogens (tertiary/aromatic N) is 4. The van der Waals surface area contributed by atoms with Crippen LogP contribution in [0.3, 0.4) is 0 Å². The van der Waals surface area contributed by atoms with Crippen LogP contribution >= 0.6 is 0 Å². The fraction of sp³-hybridized carbons (Fsp3) is 0.583. The van der Waals surface area contributed by atoms with Gasteiger partial charge in [0.15, 0.2) is 0 Å². The summed E-state index contributed by atoms with van der Waals surface area (Å²) in [5.41, 5.74) is 4.73. The number of hydrogen-bond acceptors (Lipinski definition) is 10. The van der Waals surface area contributed by atoms with Gasteiger partial charge in [-0.3, -0.25) is 19.4 Å². The van der Waals surface area contributed by atoms with Gasteiger partial charge in [0.2, 0.25) is 0 Å². The van der Waals surface area contributed by atoms with Gasteiger partial charge in [0.05, 0.1) is 32.9 Å². The lowest BCUT2D eigenvalue weighted by atomic mass is 9.98. The molecule has 0 fully saturated rings. The van der Waals surface area contributed by atoms with Gasteiger partial charge in [0.1, 0.15) is 12.4 Å². The number of aliphatic carboxylic acids is 1. The van der Waals surface area contributed by atoms with Crippen LogP contribution in [-0.4, -0.2) is 163 Å². The molecule has 0 radical (unpaired) electrons. The Hall–Kier alpha value is -3.39. The maximum atomic E-state index is 12.7. The van der Waals surface area contributed by atoms with Crippen LogP contribution in [0, 0.1) is 0 Å². The van der Waals surface area contributed by atoms with E-state index in [4.69, 9.17) is 14.2 Å². The summed E-state index contributed by atoms with van der Waals surface area (Å²) in [4.78, 5) is 44.5. The SMILES string of the molecule is CN(C)CCN(CCN(CCN(C)C)CC(=O)CCCOCCOCCNC(=O)OCC1c2ccccc2-c2ccccc21)CC(=O)O. The average molecular weight is 670 g/mol. The summed E-state index contributed by atoms with van der Waals surface area (Å²) in [7, 11) is 7.92. The predicted molar refractivity (Wildman–Crippen MR) is 187 cm³/mol. The lowest BCUT2D eigenvalue weighted by Crippen LogP contribution is -2.43. The van der Waals surface area contributed by atoms with Crippen LogP contribution in [0.25, 0.3) is 11.1 Å². The van der Waals surface area contributed by atoms with Crippen LogP contribution < -0.4 is 5.32 Å². The summed E-state index contributed by atoms with van der Waals surface area (Å²) in [6.45, 7) is 6.71. The molecule has 0 atom stereocenters. The number of fused-ring (bicyclic) bond motifs is 3. The number of likely N-dealkylation sites (N-methyl/N-ethyl adjacent to an activating group) is 2. The molecule has 1 amide bonds. The van der Waals surface area contributed by atoms with Crippen LogP contribution in [0.1, 0.15) is 29.9 Å². The zero-order chi connectivity index (χ0) is 34.7. The van der Waals surface area contributed by atoms with Crippen molar-refractivity contribution in [1.29, 1.82) is 0 Å². The van der Waals surface area contributed by atoms with Crippen molar-refractivity contribution in [3.05, 3.63) is 59.7 Å². The summed E-state index contributed by atoms with van der Waals surface area (Å²) in [6, 6.07) is 16.5. The Morgan fingerprint density at radius 1 is 0.708 bits per heavy atom. The van der Waals surface area contributed by atoms with Gasteiger partial charge in [-0.15, -0.1) is 0 Å². The second-order valence-corrected chi connectivity index (χ2v) is 12.7. The summed E-state index contributed by atoms with van der Waals surface area (Å²) in [5, 5.41) is 12.0. The summed E-state index contributed by atoms with van der Waals surface area (Å²) >= 11 is 0. The maximum Gasteiger partial charge on any atom is 0.407 e. The molecule has 48 heavy (non-hydrogen) atoms. The molecule has 0 bridgehead atoms. The van der Waals surface area contributed by atoms with Crippen molar-refractivity contribution in [3.8, 4) is 11.1 Å². The standard InChI is InChI=1S/C36H55N5O7/c1-38(2)16-18-40(20-21-41(27-35(43)44)19-17-39(3)4)26-29(42)10-9-22-46-24-25-47-23-15-37-36(45)48-28-34-32-13-7-5-11-30(32)31-12-6-8-14-33(31)34/h5-8,11-14,34H,9-10,15-28H2,1-4H3,(H,37,45)(H,43,44). The van der Waals surface area contributed by atoms with Crippen LogP contribution in [0.5, 0.6) is 0 Å². The Morgan fingerprint density at radius 3 is 1.79 bits per heavy atom. The predicted octanol–water partition coefficient (Wildman–Crippen LogP) is 2.72. The second kappa shape index (κ2) is 21.6. The minimum Gasteiger partial charge on any atom is -0.480 e. The average Bonchev–Trinajstić information content (AvgIpc) is 3.37. The normalized spacial score (nSPS) is 12.6. The number of Topliss-reactive ketones (excluding diaryl/α,β-unsaturated/α-hetero) is 1. The number of rotatable bonds is 25. The lowest BCUT2D eigenvalue weighted by Gasteiger charge is -2.28. The first-order chi connectivity index (χ1) is 23.1. The minimum atomic E-state index is -0.847. The van der Waals surface area contributed by atoms with E-state index in [0.717, 1.165) is 19.6 Å². The molecular weight excluding hydrogens is 614 g/mol. The van der Waals surface area contributed by atoms with Gasteiger partial charge in [-0.1, -0.05) is 48.5 Å². The van der Waals surface area contributed by atoms with Crippen LogP contribution in [0.4, 0.5) is 4.79 Å². The topological polar surface area (TPSA) is 124 Å². The third-order valence-electron chi connectivity index (χ3n) is 8.19. The van der Waals surface area contributed by atoms with Crippen LogP contribution in [0.15, 0.2) is 48.5 Å². The van der Waals surface area contributed by atoms with Crippen molar-refractivity contribution in [2.45, 2.75) is 18.8 Å². The zero-order valence-electron chi connectivity index (χ0n) is 29.2. The number of carbonyl (C=O) groups excluding carboxylic acids is 2. The smallest absolute Gasteiger partial charge is 0.407 e. The molecule has 0 unspecified atom stereocenters. The number of nitrogens with one attached hydrogen (secondary N) is 1. The number of benzene rings is 2. The molecule has 2 N–H and O–H groups in total. The molecule has 0 aromatic heterocycles. The number of ether oxygens (including phenoxy) is 3. The maximum absolute atomic E-state index is 12.7. The Balaban J connectivity index is 1.23. The lowest BCUT2D eigenvalue weighted by molar-refractivity contribution is -0.138. The highest BCUT2D eigenvalue weighted by molar-refractivity contribution is 5.80. The molecule has 0 saturated heterocycles. The van der Waals surface area contributed by atoms with Crippen molar-refractivity contribution >= 4 is 17.8 Å². The fourth-order valence-electron chi connectivity index (χ4n) is 5.59. The summed E-state index contributed by atoms with van der Waals surface area (Å²) in [6.07, 6.45) is 0.573. The first-order valence-corrected chi connectivity index (χ1v) is 16.9. The third-order valence-corrected chi connectivity index (χ3v) is 8.19. The number of carboxylic acids is 1. The van der Waals surface area contributed by atoms with Gasteiger partial charge in [-0.25, -0.2) is 4.79 Å². The molecule has 0 saturated carbocycles. The highest BCUT2D eigenvalue weighted by Crippen LogP contribution is 2.44. The van der Waals surface area contributed by atoms with Crippen LogP contribution in [-0.2, 0) is 23.8 Å². The van der Waals surface area contributed by atoms with Gasteiger partial charge in [-0.05, 0) is 56.9 Å². The molecule has 12 heteroatoms. The Labute approximate surface area is 285 Å². The van der Waals surface area contributed by atoms with E-state index in [1.54, 1.807) is 0 Å². The van der Waals surface area contributed by atoms with Crippen molar-refractivity contribution in [1.82, 2.24) is 24.9 Å². The van der Waals surface area contributed by atoms with Gasteiger partial charge in [0.25, 0.3) is 0 Å². The molecular formula is C36H55N5O7. The van der Waals surface area contributed by atoms with Gasteiger partial charge in [-0.2, -0.15) is 0 Å². The Bertz CT molecular complexity index is 1230. The molecule has 0 heterocycles. The Morgan fingerprint density at radius 2 is 1.23 bits per heavy atom. The van der Waals surface area contributed by atoms with Gasteiger partial charge >= 0.3 is 12.1 Å². The highest BCUT2D eigenvalue weighted by atomic mass is 16.6. The quantitative estimate of drug-likeness (QED) is 0.152. The van der Waals surface area contributed by atoms with E-state index in [9.17, 15) is 19.5 Å². The monoisotopic (exact) mass is 669 g/mol. The molecule has 266 valence electrons.